The second-order valence-electron chi connectivity index (χ2n) is 5.54. The SMILES string of the molecule is CCC(C)C(=O)COc1ccc(-n2ccc(C(F)(F)F)n2)cc1OC. The fourth-order valence-corrected chi connectivity index (χ4v) is 2.06. The number of ether oxygens (including phenoxy) is 2. The van der Waals surface area contributed by atoms with Gasteiger partial charge in [-0.05, 0) is 24.6 Å². The summed E-state index contributed by atoms with van der Waals surface area (Å²) in [6.07, 6.45) is -2.57. The number of ketones is 1. The largest absolute Gasteiger partial charge is 0.493 e. The van der Waals surface area contributed by atoms with Crippen molar-refractivity contribution in [2.45, 2.75) is 26.4 Å². The van der Waals surface area contributed by atoms with Crippen LogP contribution in [0.1, 0.15) is 26.0 Å². The molecule has 0 aliphatic rings. The highest BCUT2D eigenvalue weighted by Crippen LogP contribution is 2.31. The molecule has 0 N–H and O–H groups in total. The van der Waals surface area contributed by atoms with Crippen LogP contribution in [0.3, 0.4) is 0 Å². The topological polar surface area (TPSA) is 53.4 Å². The first kappa shape index (κ1) is 18.8. The quantitative estimate of drug-likeness (QED) is 0.755. The van der Waals surface area contributed by atoms with Crippen LogP contribution in [-0.4, -0.2) is 29.3 Å². The lowest BCUT2D eigenvalue weighted by Crippen LogP contribution is -2.18. The molecule has 0 amide bonds. The number of nitrogens with zero attached hydrogens (tertiary/aromatic N) is 2. The van der Waals surface area contributed by atoms with Crippen LogP contribution >= 0.6 is 0 Å². The van der Waals surface area contributed by atoms with Crippen molar-refractivity contribution in [1.82, 2.24) is 9.78 Å². The molecule has 2 rings (SSSR count). The summed E-state index contributed by atoms with van der Waals surface area (Å²) < 4.78 is 49.7. The van der Waals surface area contributed by atoms with Crippen molar-refractivity contribution in [2.75, 3.05) is 13.7 Å². The fraction of sp³-hybridized carbons (Fsp3) is 0.412. The molecule has 1 heterocycles. The maximum Gasteiger partial charge on any atom is 0.435 e. The van der Waals surface area contributed by atoms with E-state index in [9.17, 15) is 18.0 Å². The molecule has 0 aliphatic carbocycles. The monoisotopic (exact) mass is 356 g/mol. The van der Waals surface area contributed by atoms with Gasteiger partial charge < -0.3 is 9.47 Å². The van der Waals surface area contributed by atoms with Crippen molar-refractivity contribution >= 4 is 5.78 Å². The van der Waals surface area contributed by atoms with Crippen molar-refractivity contribution in [1.29, 1.82) is 0 Å². The van der Waals surface area contributed by atoms with E-state index >= 15 is 0 Å². The van der Waals surface area contributed by atoms with E-state index in [0.29, 0.717) is 17.2 Å². The highest BCUT2D eigenvalue weighted by atomic mass is 19.4. The van der Waals surface area contributed by atoms with Crippen LogP contribution < -0.4 is 9.47 Å². The summed E-state index contributed by atoms with van der Waals surface area (Å²) in [7, 11) is 1.41. The maximum atomic E-state index is 12.6. The number of carbonyl (C=O) groups excluding carboxylic acids is 1. The summed E-state index contributed by atoms with van der Waals surface area (Å²) >= 11 is 0. The molecule has 136 valence electrons. The molecule has 5 nitrogen and oxygen atoms in total. The third-order valence-corrected chi connectivity index (χ3v) is 3.82. The van der Waals surface area contributed by atoms with Crippen molar-refractivity contribution < 1.29 is 27.4 Å². The van der Waals surface area contributed by atoms with Gasteiger partial charge in [-0.25, -0.2) is 4.68 Å². The third kappa shape index (κ3) is 4.52. The minimum atomic E-state index is -4.51. The zero-order valence-corrected chi connectivity index (χ0v) is 14.1. The highest BCUT2D eigenvalue weighted by molar-refractivity contribution is 5.82. The Labute approximate surface area is 143 Å². The first-order valence-corrected chi connectivity index (χ1v) is 7.73. The first-order chi connectivity index (χ1) is 11.8. The molecule has 1 aromatic heterocycles. The molecule has 0 saturated heterocycles. The molecule has 0 radical (unpaired) electrons. The highest BCUT2D eigenvalue weighted by Gasteiger charge is 2.33. The van der Waals surface area contributed by atoms with Crippen molar-refractivity contribution in [3.8, 4) is 17.2 Å². The lowest BCUT2D eigenvalue weighted by atomic mass is 10.0. The minimum absolute atomic E-state index is 0.0319. The van der Waals surface area contributed by atoms with Gasteiger partial charge >= 0.3 is 6.18 Å². The Morgan fingerprint density at radius 1 is 1.28 bits per heavy atom. The normalized spacial score (nSPS) is 12.7. The molecule has 25 heavy (non-hydrogen) atoms. The summed E-state index contributed by atoms with van der Waals surface area (Å²) in [6.45, 7) is 3.64. The zero-order valence-electron chi connectivity index (χ0n) is 14.1. The Bertz CT molecular complexity index is 741. The lowest BCUT2D eigenvalue weighted by molar-refractivity contribution is -0.141. The number of Topliss-reactive ketones (excluding diaryl/α,β-unsaturated/α-hetero) is 1. The number of halogens is 3. The standard InChI is InChI=1S/C17H19F3N2O3/c1-4-11(2)13(23)10-25-14-6-5-12(9-15(14)24-3)22-8-7-16(21-22)17(18,19)20/h5-9,11H,4,10H2,1-3H3. The number of carbonyl (C=O) groups is 1. The van der Waals surface area contributed by atoms with Crippen LogP contribution in [0.2, 0.25) is 0 Å². The second-order valence-corrected chi connectivity index (χ2v) is 5.54. The number of benzene rings is 1. The van der Waals surface area contributed by atoms with E-state index < -0.39 is 11.9 Å². The van der Waals surface area contributed by atoms with Gasteiger partial charge in [-0.2, -0.15) is 18.3 Å². The van der Waals surface area contributed by atoms with Gasteiger partial charge in [0.05, 0.1) is 12.8 Å². The molecule has 0 spiro atoms. The van der Waals surface area contributed by atoms with Gasteiger partial charge in [0.15, 0.2) is 23.0 Å². The Morgan fingerprint density at radius 2 is 2.00 bits per heavy atom. The summed E-state index contributed by atoms with van der Waals surface area (Å²) in [6, 6.07) is 5.46. The third-order valence-electron chi connectivity index (χ3n) is 3.82. The molecule has 0 saturated carbocycles. The summed E-state index contributed by atoms with van der Waals surface area (Å²) in [5.74, 6) is 0.510. The van der Waals surface area contributed by atoms with Crippen LogP contribution in [0.25, 0.3) is 5.69 Å². The molecular weight excluding hydrogens is 337 g/mol. The number of hydrogen-bond acceptors (Lipinski definition) is 4. The number of hydrogen-bond donors (Lipinski definition) is 0. The molecule has 1 unspecified atom stereocenters. The average Bonchev–Trinajstić information content (AvgIpc) is 3.09. The van der Waals surface area contributed by atoms with E-state index in [4.69, 9.17) is 9.47 Å². The van der Waals surface area contributed by atoms with Gasteiger partial charge in [0.25, 0.3) is 0 Å². The number of alkyl halides is 3. The van der Waals surface area contributed by atoms with Gasteiger partial charge in [-0.1, -0.05) is 13.8 Å². The molecule has 1 aromatic carbocycles. The van der Waals surface area contributed by atoms with Crippen molar-refractivity contribution in [2.24, 2.45) is 5.92 Å². The Kier molecular flexibility index (Phi) is 5.71. The zero-order chi connectivity index (χ0) is 18.6. The number of aromatic nitrogens is 2. The average molecular weight is 356 g/mol. The Balaban J connectivity index is 2.19. The smallest absolute Gasteiger partial charge is 0.435 e. The lowest BCUT2D eigenvalue weighted by Gasteiger charge is -2.13. The maximum absolute atomic E-state index is 12.6. The van der Waals surface area contributed by atoms with E-state index in [0.717, 1.165) is 17.2 Å². The van der Waals surface area contributed by atoms with Crippen LogP contribution in [-0.2, 0) is 11.0 Å². The van der Waals surface area contributed by atoms with Gasteiger partial charge in [0.1, 0.15) is 6.61 Å². The molecule has 0 fully saturated rings. The molecule has 0 bridgehead atoms. The summed E-state index contributed by atoms with van der Waals surface area (Å²) in [4.78, 5) is 11.8. The molecule has 2 aromatic rings. The molecular formula is C17H19F3N2O3. The minimum Gasteiger partial charge on any atom is -0.493 e. The van der Waals surface area contributed by atoms with Gasteiger partial charge in [0, 0.05) is 18.2 Å². The van der Waals surface area contributed by atoms with Gasteiger partial charge in [-0.15, -0.1) is 0 Å². The molecule has 8 heteroatoms. The van der Waals surface area contributed by atoms with E-state index in [1.165, 1.54) is 25.4 Å². The molecule has 1 atom stereocenters. The van der Waals surface area contributed by atoms with Crippen LogP contribution in [0.5, 0.6) is 11.5 Å². The Morgan fingerprint density at radius 3 is 2.56 bits per heavy atom. The molecule has 0 aliphatic heterocycles. The summed E-state index contributed by atoms with van der Waals surface area (Å²) in [5.41, 5.74) is -0.598. The fourth-order valence-electron chi connectivity index (χ4n) is 2.06. The van der Waals surface area contributed by atoms with E-state index in [2.05, 4.69) is 5.10 Å². The van der Waals surface area contributed by atoms with E-state index in [1.54, 1.807) is 6.07 Å². The van der Waals surface area contributed by atoms with Crippen LogP contribution in [0, 0.1) is 5.92 Å². The van der Waals surface area contributed by atoms with Crippen molar-refractivity contribution in [3.63, 3.8) is 0 Å². The van der Waals surface area contributed by atoms with Gasteiger partial charge in [-0.3, -0.25) is 4.79 Å². The Hall–Kier alpha value is -2.51. The summed E-state index contributed by atoms with van der Waals surface area (Å²) in [5, 5.41) is 3.51. The van der Waals surface area contributed by atoms with E-state index in [1.807, 2.05) is 13.8 Å². The van der Waals surface area contributed by atoms with Crippen LogP contribution in [0.15, 0.2) is 30.5 Å². The first-order valence-electron chi connectivity index (χ1n) is 7.73. The number of methoxy groups -OCH3 is 1. The van der Waals surface area contributed by atoms with Gasteiger partial charge in [0.2, 0.25) is 0 Å². The second kappa shape index (κ2) is 7.58. The predicted octanol–water partition coefficient (Wildman–Crippen LogP) is 3.89. The van der Waals surface area contributed by atoms with Crippen LogP contribution in [0.4, 0.5) is 13.2 Å². The van der Waals surface area contributed by atoms with E-state index in [-0.39, 0.29) is 18.3 Å². The van der Waals surface area contributed by atoms with Crippen molar-refractivity contribution in [3.05, 3.63) is 36.2 Å². The number of rotatable bonds is 7. The predicted molar refractivity (Wildman–Crippen MR) is 85.1 cm³/mol.